The van der Waals surface area contributed by atoms with Gasteiger partial charge in [-0.25, -0.2) is 14.8 Å². The van der Waals surface area contributed by atoms with E-state index >= 15 is 0 Å². The van der Waals surface area contributed by atoms with Crippen molar-refractivity contribution in [2.24, 2.45) is 0 Å². The van der Waals surface area contributed by atoms with Gasteiger partial charge in [0.05, 0.1) is 0 Å². The van der Waals surface area contributed by atoms with E-state index in [9.17, 15) is 24.2 Å². The van der Waals surface area contributed by atoms with Gasteiger partial charge in [0.25, 0.3) is 0 Å². The molecule has 12 heteroatoms. The summed E-state index contributed by atoms with van der Waals surface area (Å²) in [6.07, 6.45) is 5.39. The van der Waals surface area contributed by atoms with Crippen LogP contribution in [-0.4, -0.2) is 19.9 Å². The number of halogens is 5. The lowest BCUT2D eigenvalue weighted by atomic mass is 10.2. The van der Waals surface area contributed by atoms with Crippen LogP contribution < -0.4 is 5.69 Å². The first-order chi connectivity index (χ1) is 11.9. The van der Waals surface area contributed by atoms with Crippen LogP contribution in [0.3, 0.4) is 0 Å². The molecular weight excluding hydrogens is 399 g/mol. The normalized spacial score (nSPS) is 14.5. The van der Waals surface area contributed by atoms with Crippen molar-refractivity contribution < 1.29 is 19.4 Å². The van der Waals surface area contributed by atoms with Crippen molar-refractivity contribution in [2.45, 2.75) is 14.8 Å². The summed E-state index contributed by atoms with van der Waals surface area (Å²) in [6.45, 7) is 0. The number of benzene rings is 1. The summed E-state index contributed by atoms with van der Waals surface area (Å²) in [5, 5.41) is 0.307. The van der Waals surface area contributed by atoms with Gasteiger partial charge in [0.2, 0.25) is 0 Å². The van der Waals surface area contributed by atoms with E-state index < -0.39 is 20.8 Å². The number of hydrogen-bond acceptors (Lipinski definition) is 5. The molecule has 0 spiro atoms. The fourth-order valence-corrected chi connectivity index (χ4v) is 3.47. The average molecular weight is 408 g/mol. The maximum Gasteiger partial charge on any atom is 0.344 e. The molecule has 0 saturated carbocycles. The van der Waals surface area contributed by atoms with E-state index in [1.807, 2.05) is 0 Å². The molecule has 3 rings (SSSR count). The monoisotopic (exact) mass is 408 g/mol. The molecule has 0 saturated heterocycles. The third-order valence-electron chi connectivity index (χ3n) is 3.09. The molecule has 0 aliphatic rings. The van der Waals surface area contributed by atoms with E-state index in [2.05, 4.69) is 19.9 Å². The van der Waals surface area contributed by atoms with Crippen molar-refractivity contribution in [3.63, 3.8) is 0 Å². The lowest BCUT2D eigenvalue weighted by Gasteiger charge is -2.40. The predicted octanol–water partition coefficient (Wildman–Crippen LogP) is 5.04. The number of aromatic nitrogens is 4. The number of aromatic amines is 1. The summed E-state index contributed by atoms with van der Waals surface area (Å²) < 4.78 is 63.8. The average Bonchev–Trinajstić information content (AvgIpc) is 2.55. The maximum atomic E-state index is 12.8. The van der Waals surface area contributed by atoms with Crippen LogP contribution in [0.15, 0.2) is 68.7 Å². The van der Waals surface area contributed by atoms with E-state index in [0.717, 1.165) is 23.9 Å². The van der Waals surface area contributed by atoms with Gasteiger partial charge in [-0.15, -0.1) is 0 Å². The standard InChI is InChI=1S/C14H9F5N4OS2/c15-26(16,17,18,19)11-3-1-10(2-4-11)25-13-12(20-5-6-21-13)9-7-22-14(24)23-8-9/h1-8H,(H,22,23,24). The highest BCUT2D eigenvalue weighted by Crippen LogP contribution is 3.02. The minimum Gasteiger partial charge on any atom is -0.312 e. The number of H-pyrrole nitrogens is 1. The Hall–Kier alpha value is -2.47. The van der Waals surface area contributed by atoms with Crippen molar-refractivity contribution >= 4 is 22.0 Å². The Labute approximate surface area is 147 Å². The predicted molar refractivity (Wildman–Crippen MR) is 87.8 cm³/mol. The molecule has 0 radical (unpaired) electrons. The molecule has 1 aromatic carbocycles. The number of nitrogens with zero attached hydrogens (tertiary/aromatic N) is 3. The van der Waals surface area contributed by atoms with Crippen molar-refractivity contribution in [3.8, 4) is 11.3 Å². The zero-order valence-corrected chi connectivity index (χ0v) is 14.2. The Balaban J connectivity index is 1.94. The van der Waals surface area contributed by atoms with Crippen molar-refractivity contribution in [2.75, 3.05) is 0 Å². The fraction of sp³-hybridized carbons (Fsp3) is 0. The largest absolute Gasteiger partial charge is 0.344 e. The molecule has 0 unspecified atom stereocenters. The molecule has 138 valence electrons. The lowest BCUT2D eigenvalue weighted by molar-refractivity contribution is 0.364. The molecule has 0 bridgehead atoms. The highest BCUT2D eigenvalue weighted by atomic mass is 32.5. The van der Waals surface area contributed by atoms with Gasteiger partial charge in [0, 0.05) is 35.2 Å². The third kappa shape index (κ3) is 4.19. The first-order valence-electron chi connectivity index (χ1n) is 6.80. The van der Waals surface area contributed by atoms with Gasteiger partial charge in [0.15, 0.2) is 0 Å². The summed E-state index contributed by atoms with van der Waals surface area (Å²) in [7, 11) is -9.70. The van der Waals surface area contributed by atoms with Gasteiger partial charge in [-0.1, -0.05) is 31.2 Å². The topological polar surface area (TPSA) is 71.5 Å². The molecule has 0 aliphatic carbocycles. The first-order valence-corrected chi connectivity index (χ1v) is 9.57. The molecule has 0 atom stereocenters. The molecule has 2 heterocycles. The fourth-order valence-electron chi connectivity index (χ4n) is 1.95. The lowest BCUT2D eigenvalue weighted by Crippen LogP contribution is -2.08. The number of nitrogens with one attached hydrogen (secondary N) is 1. The first kappa shape index (κ1) is 18.3. The molecular formula is C14H9F5N4OS2. The Bertz CT molecular complexity index is 1000. The van der Waals surface area contributed by atoms with Crippen molar-refractivity contribution in [1.29, 1.82) is 0 Å². The Morgan fingerprint density at radius 2 is 1.58 bits per heavy atom. The van der Waals surface area contributed by atoms with E-state index in [-0.39, 0.29) is 4.90 Å². The van der Waals surface area contributed by atoms with Crippen LogP contribution in [0.1, 0.15) is 0 Å². The van der Waals surface area contributed by atoms with Gasteiger partial charge in [-0.05, 0) is 24.3 Å². The second-order valence-electron chi connectivity index (χ2n) is 5.06. The van der Waals surface area contributed by atoms with Crippen molar-refractivity contribution in [3.05, 3.63) is 59.5 Å². The number of hydrogen-bond donors (Lipinski definition) is 1. The molecule has 1 N–H and O–H groups in total. The maximum absolute atomic E-state index is 12.8. The highest BCUT2D eigenvalue weighted by molar-refractivity contribution is 8.45. The van der Waals surface area contributed by atoms with Gasteiger partial charge < -0.3 is 4.98 Å². The Morgan fingerprint density at radius 1 is 0.923 bits per heavy atom. The molecule has 0 aliphatic heterocycles. The Kier molecular flexibility index (Phi) is 3.88. The third-order valence-corrected chi connectivity index (χ3v) is 5.26. The second-order valence-corrected chi connectivity index (χ2v) is 8.53. The zero-order chi connectivity index (χ0) is 19.1. The van der Waals surface area contributed by atoms with Gasteiger partial charge >= 0.3 is 15.9 Å². The van der Waals surface area contributed by atoms with Crippen LogP contribution in [0, 0.1) is 0 Å². The van der Waals surface area contributed by atoms with Crippen LogP contribution in [0.25, 0.3) is 11.3 Å². The summed E-state index contributed by atoms with van der Waals surface area (Å²) in [5.41, 5.74) is 0.209. The van der Waals surface area contributed by atoms with E-state index in [4.69, 9.17) is 0 Å². The molecule has 26 heavy (non-hydrogen) atoms. The van der Waals surface area contributed by atoms with Crippen LogP contribution in [0.4, 0.5) is 19.4 Å². The molecule has 3 aromatic rings. The quantitative estimate of drug-likeness (QED) is 0.613. The summed E-state index contributed by atoms with van der Waals surface area (Å²) in [4.78, 5) is 23.5. The molecule has 0 fully saturated rings. The molecule has 2 aromatic heterocycles. The van der Waals surface area contributed by atoms with Crippen LogP contribution in [0.2, 0.25) is 0 Å². The van der Waals surface area contributed by atoms with E-state index in [1.54, 1.807) is 0 Å². The van der Waals surface area contributed by atoms with Crippen LogP contribution in [-0.2, 0) is 0 Å². The SMILES string of the molecule is O=c1ncc(-c2nccnc2Sc2ccc(S(F)(F)(F)(F)F)cc2)c[nH]1. The van der Waals surface area contributed by atoms with Gasteiger partial charge in [-0.3, -0.25) is 4.98 Å². The Morgan fingerprint density at radius 3 is 2.15 bits per heavy atom. The van der Waals surface area contributed by atoms with Gasteiger partial charge in [0.1, 0.15) is 15.6 Å². The minimum atomic E-state index is -9.70. The van der Waals surface area contributed by atoms with Crippen molar-refractivity contribution in [1.82, 2.24) is 19.9 Å². The summed E-state index contributed by atoms with van der Waals surface area (Å²) >= 11 is 0.938. The number of rotatable bonds is 4. The van der Waals surface area contributed by atoms with Gasteiger partial charge in [-0.2, -0.15) is 0 Å². The zero-order valence-electron chi connectivity index (χ0n) is 12.6. The summed E-state index contributed by atoms with van der Waals surface area (Å²) in [5.74, 6) is 0. The smallest absolute Gasteiger partial charge is 0.312 e. The van der Waals surface area contributed by atoms with Crippen LogP contribution >= 0.6 is 22.0 Å². The van der Waals surface area contributed by atoms with E-state index in [1.165, 1.54) is 24.8 Å². The molecule has 0 amide bonds. The second kappa shape index (κ2) is 5.51. The summed E-state index contributed by atoms with van der Waals surface area (Å²) in [6, 6.07) is 2.53. The van der Waals surface area contributed by atoms with E-state index in [0.29, 0.717) is 28.4 Å². The molecule has 5 nitrogen and oxygen atoms in total. The minimum absolute atomic E-state index is 0.259. The van der Waals surface area contributed by atoms with Crippen LogP contribution in [0.5, 0.6) is 0 Å². The highest BCUT2D eigenvalue weighted by Gasteiger charge is 2.65.